The molecule has 0 saturated carbocycles. The number of amides is 1. The topological polar surface area (TPSA) is 23.6 Å². The minimum atomic E-state index is 0.0469. The third-order valence-electron chi connectivity index (χ3n) is 2.83. The molecule has 0 bridgehead atoms. The van der Waals surface area contributed by atoms with Gasteiger partial charge in [-0.1, -0.05) is 15.9 Å². The molecule has 3 nitrogen and oxygen atoms in total. The average molecular weight is 263 g/mol. The first-order valence-corrected chi connectivity index (χ1v) is 6.03. The van der Waals surface area contributed by atoms with E-state index in [4.69, 9.17) is 0 Å². The molecule has 1 aliphatic heterocycles. The lowest BCUT2D eigenvalue weighted by Gasteiger charge is -2.33. The van der Waals surface area contributed by atoms with Gasteiger partial charge in [-0.2, -0.15) is 0 Å². The zero-order valence-corrected chi connectivity index (χ0v) is 10.7. The van der Waals surface area contributed by atoms with Crippen LogP contribution in [0, 0.1) is 0 Å². The van der Waals surface area contributed by atoms with Crippen molar-refractivity contribution in [3.63, 3.8) is 0 Å². The van der Waals surface area contributed by atoms with E-state index in [0.29, 0.717) is 6.04 Å². The molecule has 82 valence electrons. The lowest BCUT2D eigenvalue weighted by molar-refractivity contribution is -0.133. The number of alkyl halides is 1. The van der Waals surface area contributed by atoms with Crippen molar-refractivity contribution in [3.05, 3.63) is 0 Å². The van der Waals surface area contributed by atoms with E-state index in [2.05, 4.69) is 27.8 Å². The number of likely N-dealkylation sites (tertiary alicyclic amines) is 1. The molecule has 14 heavy (non-hydrogen) atoms. The van der Waals surface area contributed by atoms with Crippen LogP contribution >= 0.6 is 15.9 Å². The smallest absolute Gasteiger partial charge is 0.236 e. The Morgan fingerprint density at radius 2 is 2.29 bits per heavy atom. The summed E-state index contributed by atoms with van der Waals surface area (Å²) in [5.41, 5.74) is 0. The number of halogens is 1. The van der Waals surface area contributed by atoms with E-state index in [9.17, 15) is 4.79 Å². The van der Waals surface area contributed by atoms with E-state index in [-0.39, 0.29) is 10.7 Å². The monoisotopic (exact) mass is 262 g/mol. The highest BCUT2D eigenvalue weighted by atomic mass is 79.9. The second kappa shape index (κ2) is 5.12. The van der Waals surface area contributed by atoms with Gasteiger partial charge in [0.1, 0.15) is 0 Å². The van der Waals surface area contributed by atoms with Crippen LogP contribution in [0.5, 0.6) is 0 Å². The molecule has 1 aliphatic rings. The third kappa shape index (κ3) is 2.95. The molecule has 2 atom stereocenters. The maximum Gasteiger partial charge on any atom is 0.236 e. The predicted octanol–water partition coefficient (Wildman–Crippen LogP) is 1.32. The van der Waals surface area contributed by atoms with Gasteiger partial charge >= 0.3 is 0 Å². The summed E-state index contributed by atoms with van der Waals surface area (Å²) in [4.78, 5) is 15.9. The minimum Gasteiger partial charge on any atom is -0.340 e. The quantitative estimate of drug-likeness (QED) is 0.717. The van der Waals surface area contributed by atoms with Crippen molar-refractivity contribution in [2.24, 2.45) is 0 Å². The average Bonchev–Trinajstić information content (AvgIpc) is 2.12. The molecule has 1 rings (SSSR count). The summed E-state index contributed by atoms with van der Waals surface area (Å²) in [5.74, 6) is 0.255. The molecule has 0 spiro atoms. The van der Waals surface area contributed by atoms with Crippen molar-refractivity contribution in [1.82, 2.24) is 9.80 Å². The number of carbonyl (C=O) groups excluding carboxylic acids is 1. The van der Waals surface area contributed by atoms with Crippen LogP contribution in [-0.4, -0.2) is 53.8 Å². The summed E-state index contributed by atoms with van der Waals surface area (Å²) in [6.45, 7) is 3.90. The van der Waals surface area contributed by atoms with Gasteiger partial charge < -0.3 is 9.80 Å². The summed E-state index contributed by atoms with van der Waals surface area (Å²) in [6, 6.07) is 0.428. The van der Waals surface area contributed by atoms with E-state index >= 15 is 0 Å². The Bertz CT molecular complexity index is 208. The van der Waals surface area contributed by atoms with Crippen LogP contribution in [0.1, 0.15) is 19.8 Å². The van der Waals surface area contributed by atoms with Crippen LogP contribution in [0.25, 0.3) is 0 Å². The van der Waals surface area contributed by atoms with Crippen LogP contribution in [0.4, 0.5) is 0 Å². The fourth-order valence-electron chi connectivity index (χ4n) is 1.56. The van der Waals surface area contributed by atoms with E-state index in [1.165, 1.54) is 0 Å². The zero-order valence-electron chi connectivity index (χ0n) is 9.16. The summed E-state index contributed by atoms with van der Waals surface area (Å²) in [7, 11) is 4.09. The van der Waals surface area contributed by atoms with Crippen LogP contribution < -0.4 is 0 Å². The normalized spacial score (nSPS) is 25.6. The van der Waals surface area contributed by atoms with Gasteiger partial charge in [0.05, 0.1) is 4.83 Å². The standard InChI is InChI=1S/C10H19BrN2O/c1-8(12(2)3)7-13-6-4-5-9(11)10(13)14/h8-9H,4-7H2,1-3H3. The summed E-state index contributed by atoms with van der Waals surface area (Å²) in [6.07, 6.45) is 2.09. The molecule has 0 radical (unpaired) electrons. The Balaban J connectivity index is 2.47. The molecule has 0 aromatic carbocycles. The summed E-state index contributed by atoms with van der Waals surface area (Å²) in [5, 5.41) is 0. The van der Waals surface area contributed by atoms with Crippen LogP contribution in [0.3, 0.4) is 0 Å². The van der Waals surface area contributed by atoms with Gasteiger partial charge in [-0.15, -0.1) is 0 Å². The molecule has 4 heteroatoms. The SMILES string of the molecule is CC(CN1CCCC(Br)C1=O)N(C)C. The van der Waals surface area contributed by atoms with E-state index in [1.807, 2.05) is 19.0 Å². The molecule has 1 saturated heterocycles. The Morgan fingerprint density at radius 3 is 2.86 bits per heavy atom. The number of carbonyl (C=O) groups is 1. The van der Waals surface area contributed by atoms with Gasteiger partial charge in [0.15, 0.2) is 0 Å². The number of hydrogen-bond acceptors (Lipinski definition) is 2. The van der Waals surface area contributed by atoms with Crippen molar-refractivity contribution in [2.45, 2.75) is 30.6 Å². The first-order valence-electron chi connectivity index (χ1n) is 5.11. The second-order valence-electron chi connectivity index (χ2n) is 4.21. The minimum absolute atomic E-state index is 0.0469. The molecular weight excluding hydrogens is 244 g/mol. The van der Waals surface area contributed by atoms with Gasteiger partial charge in [-0.25, -0.2) is 0 Å². The number of rotatable bonds is 3. The first kappa shape index (κ1) is 12.0. The molecule has 0 N–H and O–H groups in total. The van der Waals surface area contributed by atoms with Crippen LogP contribution in [-0.2, 0) is 4.79 Å². The highest BCUT2D eigenvalue weighted by Crippen LogP contribution is 2.18. The summed E-state index contributed by atoms with van der Waals surface area (Å²) < 4.78 is 0. The molecule has 2 unspecified atom stereocenters. The Hall–Kier alpha value is -0.0900. The molecule has 0 aliphatic carbocycles. The number of piperidine rings is 1. The lowest BCUT2D eigenvalue weighted by atomic mass is 10.1. The van der Waals surface area contributed by atoms with Crippen LogP contribution in [0.15, 0.2) is 0 Å². The number of likely N-dealkylation sites (N-methyl/N-ethyl adjacent to an activating group) is 1. The van der Waals surface area contributed by atoms with Gasteiger partial charge in [-0.3, -0.25) is 4.79 Å². The van der Waals surface area contributed by atoms with E-state index in [0.717, 1.165) is 25.9 Å². The first-order chi connectivity index (χ1) is 6.52. The van der Waals surface area contributed by atoms with E-state index < -0.39 is 0 Å². The van der Waals surface area contributed by atoms with Crippen molar-refractivity contribution in [3.8, 4) is 0 Å². The van der Waals surface area contributed by atoms with Gasteiger partial charge in [0.2, 0.25) is 5.91 Å². The van der Waals surface area contributed by atoms with Gasteiger partial charge in [0, 0.05) is 19.1 Å². The predicted molar refractivity (Wildman–Crippen MR) is 61.7 cm³/mol. The fourth-order valence-corrected chi connectivity index (χ4v) is 2.17. The molecule has 0 aromatic rings. The Kier molecular flexibility index (Phi) is 4.38. The highest BCUT2D eigenvalue weighted by Gasteiger charge is 2.27. The molecule has 0 aromatic heterocycles. The number of nitrogens with zero attached hydrogens (tertiary/aromatic N) is 2. The maximum absolute atomic E-state index is 11.7. The van der Waals surface area contributed by atoms with Gasteiger partial charge in [0.25, 0.3) is 0 Å². The van der Waals surface area contributed by atoms with Crippen molar-refractivity contribution >= 4 is 21.8 Å². The summed E-state index contributed by atoms with van der Waals surface area (Å²) >= 11 is 3.42. The molecular formula is C10H19BrN2O. The van der Waals surface area contributed by atoms with Crippen molar-refractivity contribution < 1.29 is 4.79 Å². The maximum atomic E-state index is 11.7. The number of hydrogen-bond donors (Lipinski definition) is 0. The van der Waals surface area contributed by atoms with Crippen LogP contribution in [0.2, 0.25) is 0 Å². The second-order valence-corrected chi connectivity index (χ2v) is 5.31. The Labute approximate surface area is 94.6 Å². The molecule has 1 fully saturated rings. The lowest BCUT2D eigenvalue weighted by Crippen LogP contribution is -2.47. The van der Waals surface area contributed by atoms with Crippen molar-refractivity contribution in [1.29, 1.82) is 0 Å². The highest BCUT2D eigenvalue weighted by molar-refractivity contribution is 9.10. The van der Waals surface area contributed by atoms with Crippen molar-refractivity contribution in [2.75, 3.05) is 27.2 Å². The Morgan fingerprint density at radius 1 is 1.64 bits per heavy atom. The largest absolute Gasteiger partial charge is 0.340 e. The third-order valence-corrected chi connectivity index (χ3v) is 3.68. The molecule has 1 heterocycles. The zero-order chi connectivity index (χ0) is 10.7. The fraction of sp³-hybridized carbons (Fsp3) is 0.900. The molecule has 1 amide bonds. The van der Waals surface area contributed by atoms with Gasteiger partial charge in [-0.05, 0) is 33.9 Å². The van der Waals surface area contributed by atoms with E-state index in [1.54, 1.807) is 0 Å².